The number of hydrogen-bond acceptors (Lipinski definition) is 2. The van der Waals surface area contributed by atoms with Crippen LogP contribution < -0.4 is 10.6 Å². The first-order valence-corrected chi connectivity index (χ1v) is 7.14. The van der Waals surface area contributed by atoms with Crippen LogP contribution in [0.1, 0.15) is 31.2 Å². The predicted octanol–water partition coefficient (Wildman–Crippen LogP) is 3.97. The largest absolute Gasteiger partial charge is 0.398 e. The summed E-state index contributed by atoms with van der Waals surface area (Å²) in [5.74, 6) is 0.866. The lowest BCUT2D eigenvalue weighted by molar-refractivity contribution is 0.547. The Balaban J connectivity index is 2.12. The lowest BCUT2D eigenvalue weighted by atomic mass is 10.1. The van der Waals surface area contributed by atoms with Crippen LogP contribution in [-0.4, -0.2) is 13.6 Å². The van der Waals surface area contributed by atoms with Gasteiger partial charge in [-0.25, -0.2) is 0 Å². The van der Waals surface area contributed by atoms with Crippen molar-refractivity contribution >= 4 is 27.3 Å². The minimum atomic E-state index is 0.856. The molecule has 0 heterocycles. The van der Waals surface area contributed by atoms with E-state index >= 15 is 0 Å². The molecule has 0 atom stereocenters. The van der Waals surface area contributed by atoms with Crippen LogP contribution in [0.3, 0.4) is 0 Å². The van der Waals surface area contributed by atoms with Crippen molar-refractivity contribution in [3.05, 3.63) is 22.2 Å². The summed E-state index contributed by atoms with van der Waals surface area (Å²) in [7, 11) is 2.17. The van der Waals surface area contributed by atoms with E-state index in [0.717, 1.165) is 28.2 Å². The summed E-state index contributed by atoms with van der Waals surface area (Å²) in [5, 5.41) is 0. The van der Waals surface area contributed by atoms with Crippen molar-refractivity contribution in [3.8, 4) is 0 Å². The van der Waals surface area contributed by atoms with Crippen molar-refractivity contribution in [3.63, 3.8) is 0 Å². The number of nitrogen functional groups attached to an aromatic ring is 1. The number of nitrogens with two attached hydrogens (primary N) is 1. The summed E-state index contributed by atoms with van der Waals surface area (Å²) in [5.41, 5.74) is 9.17. The maximum Gasteiger partial charge on any atom is 0.0512 e. The number of benzene rings is 1. The molecular weight excluding hydrogens is 276 g/mol. The standard InChI is InChI=1S/C14H21BrN2/c1-10-7-14(12(15)8-13(10)16)17(2)9-11-5-3-4-6-11/h7-8,11H,3-6,9,16H2,1-2H3. The fraction of sp³-hybridized carbons (Fsp3) is 0.571. The van der Waals surface area contributed by atoms with E-state index in [0.29, 0.717) is 0 Å². The average Bonchev–Trinajstić information content (AvgIpc) is 2.76. The predicted molar refractivity (Wildman–Crippen MR) is 78.5 cm³/mol. The normalized spacial score (nSPS) is 16.4. The Morgan fingerprint density at radius 2 is 2.00 bits per heavy atom. The summed E-state index contributed by atoms with van der Waals surface area (Å²) in [6.07, 6.45) is 5.58. The molecule has 0 aliphatic heterocycles. The topological polar surface area (TPSA) is 29.3 Å². The van der Waals surface area contributed by atoms with Crippen molar-refractivity contribution < 1.29 is 0 Å². The Labute approximate surface area is 112 Å². The molecule has 1 aliphatic carbocycles. The lowest BCUT2D eigenvalue weighted by Crippen LogP contribution is -2.24. The molecule has 0 spiro atoms. The highest BCUT2D eigenvalue weighted by Crippen LogP contribution is 2.32. The molecule has 2 nitrogen and oxygen atoms in total. The zero-order valence-electron chi connectivity index (χ0n) is 10.7. The van der Waals surface area contributed by atoms with E-state index in [1.807, 2.05) is 6.07 Å². The van der Waals surface area contributed by atoms with Crippen LogP contribution in [0, 0.1) is 12.8 Å². The van der Waals surface area contributed by atoms with Gasteiger partial charge in [0.1, 0.15) is 0 Å². The van der Waals surface area contributed by atoms with E-state index in [9.17, 15) is 0 Å². The molecule has 1 aromatic rings. The highest BCUT2D eigenvalue weighted by atomic mass is 79.9. The van der Waals surface area contributed by atoms with Crippen molar-refractivity contribution in [1.29, 1.82) is 0 Å². The van der Waals surface area contributed by atoms with Gasteiger partial charge in [-0.15, -0.1) is 0 Å². The Bertz CT molecular complexity index is 397. The van der Waals surface area contributed by atoms with E-state index in [1.54, 1.807) is 0 Å². The Kier molecular flexibility index (Phi) is 3.97. The van der Waals surface area contributed by atoms with Crippen molar-refractivity contribution in [2.24, 2.45) is 5.92 Å². The van der Waals surface area contributed by atoms with Crippen LogP contribution in [0.2, 0.25) is 0 Å². The Morgan fingerprint density at radius 1 is 1.35 bits per heavy atom. The molecule has 1 fully saturated rings. The van der Waals surface area contributed by atoms with E-state index in [2.05, 4.69) is 40.9 Å². The van der Waals surface area contributed by atoms with E-state index < -0.39 is 0 Å². The molecule has 0 radical (unpaired) electrons. The molecular formula is C14H21BrN2. The van der Waals surface area contributed by atoms with Crippen molar-refractivity contribution in [1.82, 2.24) is 0 Å². The summed E-state index contributed by atoms with van der Waals surface area (Å²) in [6.45, 7) is 3.22. The summed E-state index contributed by atoms with van der Waals surface area (Å²) < 4.78 is 1.10. The first kappa shape index (κ1) is 12.7. The van der Waals surface area contributed by atoms with Crippen LogP contribution in [0.25, 0.3) is 0 Å². The highest BCUT2D eigenvalue weighted by Gasteiger charge is 2.18. The van der Waals surface area contributed by atoms with Gasteiger partial charge in [-0.3, -0.25) is 0 Å². The first-order valence-electron chi connectivity index (χ1n) is 6.34. The summed E-state index contributed by atoms with van der Waals surface area (Å²) in [6, 6.07) is 4.18. The molecule has 0 unspecified atom stereocenters. The molecule has 1 aromatic carbocycles. The minimum Gasteiger partial charge on any atom is -0.398 e. The maximum absolute atomic E-state index is 5.90. The van der Waals surface area contributed by atoms with Crippen molar-refractivity contribution in [2.75, 3.05) is 24.2 Å². The first-order chi connectivity index (χ1) is 8.08. The molecule has 1 saturated carbocycles. The van der Waals surface area contributed by atoms with E-state index in [4.69, 9.17) is 5.73 Å². The lowest BCUT2D eigenvalue weighted by Gasteiger charge is -2.25. The quantitative estimate of drug-likeness (QED) is 0.855. The molecule has 94 valence electrons. The van der Waals surface area contributed by atoms with Gasteiger partial charge in [-0.05, 0) is 59.3 Å². The second-order valence-electron chi connectivity index (χ2n) is 5.19. The van der Waals surface area contributed by atoms with Gasteiger partial charge < -0.3 is 10.6 Å². The van der Waals surface area contributed by atoms with Crippen LogP contribution in [-0.2, 0) is 0 Å². The van der Waals surface area contributed by atoms with Gasteiger partial charge >= 0.3 is 0 Å². The zero-order chi connectivity index (χ0) is 12.4. The summed E-state index contributed by atoms with van der Waals surface area (Å²) >= 11 is 3.61. The second-order valence-corrected chi connectivity index (χ2v) is 6.05. The molecule has 17 heavy (non-hydrogen) atoms. The van der Waals surface area contributed by atoms with Gasteiger partial charge in [-0.2, -0.15) is 0 Å². The Morgan fingerprint density at radius 3 is 2.65 bits per heavy atom. The van der Waals surface area contributed by atoms with Crippen LogP contribution >= 0.6 is 15.9 Å². The molecule has 2 rings (SSSR count). The molecule has 3 heteroatoms. The number of aryl methyl sites for hydroxylation is 1. The fourth-order valence-electron chi connectivity index (χ4n) is 2.65. The smallest absolute Gasteiger partial charge is 0.0512 e. The number of nitrogens with zero attached hydrogens (tertiary/aromatic N) is 1. The molecule has 0 amide bonds. The molecule has 1 aliphatic rings. The number of anilines is 2. The SMILES string of the molecule is Cc1cc(N(C)CC2CCCC2)c(Br)cc1N. The van der Waals surface area contributed by atoms with E-state index in [1.165, 1.54) is 31.4 Å². The van der Waals surface area contributed by atoms with Crippen molar-refractivity contribution in [2.45, 2.75) is 32.6 Å². The number of halogens is 1. The molecule has 2 N–H and O–H groups in total. The van der Waals surface area contributed by atoms with E-state index in [-0.39, 0.29) is 0 Å². The highest BCUT2D eigenvalue weighted by molar-refractivity contribution is 9.10. The average molecular weight is 297 g/mol. The second kappa shape index (κ2) is 5.30. The fourth-order valence-corrected chi connectivity index (χ4v) is 3.32. The zero-order valence-corrected chi connectivity index (χ0v) is 12.3. The molecule has 0 saturated heterocycles. The van der Waals surface area contributed by atoms with Crippen LogP contribution in [0.4, 0.5) is 11.4 Å². The monoisotopic (exact) mass is 296 g/mol. The van der Waals surface area contributed by atoms with Gasteiger partial charge in [0, 0.05) is 23.8 Å². The third-order valence-electron chi connectivity index (χ3n) is 3.75. The van der Waals surface area contributed by atoms with Gasteiger partial charge in [0.25, 0.3) is 0 Å². The van der Waals surface area contributed by atoms with Gasteiger partial charge in [-0.1, -0.05) is 12.8 Å². The van der Waals surface area contributed by atoms with Crippen LogP contribution in [0.15, 0.2) is 16.6 Å². The molecule has 0 bridgehead atoms. The van der Waals surface area contributed by atoms with Gasteiger partial charge in [0.05, 0.1) is 5.69 Å². The number of rotatable bonds is 3. The van der Waals surface area contributed by atoms with Crippen LogP contribution in [0.5, 0.6) is 0 Å². The summed E-state index contributed by atoms with van der Waals surface area (Å²) in [4.78, 5) is 2.35. The van der Waals surface area contributed by atoms with Gasteiger partial charge in [0.15, 0.2) is 0 Å². The Hall–Kier alpha value is -0.700. The number of hydrogen-bond donors (Lipinski definition) is 1. The third-order valence-corrected chi connectivity index (χ3v) is 4.39. The third kappa shape index (κ3) is 2.95. The molecule has 0 aromatic heterocycles. The maximum atomic E-state index is 5.90. The van der Waals surface area contributed by atoms with Gasteiger partial charge in [0.2, 0.25) is 0 Å². The minimum absolute atomic E-state index is 0.856.